The number of hydrogen-bond donors (Lipinski definition) is 1. The van der Waals surface area contributed by atoms with Crippen LogP contribution in [0.4, 0.5) is 0 Å². The van der Waals surface area contributed by atoms with Gasteiger partial charge in [0, 0.05) is 32.3 Å². The van der Waals surface area contributed by atoms with E-state index in [1.165, 1.54) is 4.68 Å². The third-order valence-electron chi connectivity index (χ3n) is 6.03. The van der Waals surface area contributed by atoms with Crippen LogP contribution in [-0.2, 0) is 28.0 Å². The minimum absolute atomic E-state index is 0.113. The molecular weight excluding hydrogens is 398 g/mol. The molecule has 1 aromatic heterocycles. The van der Waals surface area contributed by atoms with Gasteiger partial charge < -0.3 is 14.7 Å². The van der Waals surface area contributed by atoms with Gasteiger partial charge in [0.15, 0.2) is 15.5 Å². The summed E-state index contributed by atoms with van der Waals surface area (Å²) in [4.78, 5) is 26.8. The van der Waals surface area contributed by atoms with Crippen molar-refractivity contribution < 1.29 is 27.9 Å². The number of amides is 1. The fraction of sp³-hybridized carbons (Fsp3) is 0.737. The van der Waals surface area contributed by atoms with Crippen molar-refractivity contribution in [1.82, 2.24) is 14.7 Å². The third kappa shape index (κ3) is 3.46. The predicted octanol–water partition coefficient (Wildman–Crippen LogP) is 0.704. The van der Waals surface area contributed by atoms with Crippen LogP contribution in [0.5, 0.6) is 0 Å². The topological polar surface area (TPSA) is 119 Å². The summed E-state index contributed by atoms with van der Waals surface area (Å²) >= 11 is 0. The van der Waals surface area contributed by atoms with Crippen LogP contribution >= 0.6 is 0 Å². The average Bonchev–Trinajstić information content (AvgIpc) is 3.35. The number of ether oxygens (including phenoxy) is 1. The molecule has 10 heteroatoms. The molecule has 0 spiro atoms. The third-order valence-corrected chi connectivity index (χ3v) is 9.37. The van der Waals surface area contributed by atoms with Gasteiger partial charge in [0.2, 0.25) is 0 Å². The van der Waals surface area contributed by atoms with Crippen molar-refractivity contribution in [3.63, 3.8) is 0 Å². The maximum atomic E-state index is 13.3. The lowest BCUT2D eigenvalue weighted by molar-refractivity contribution is 0.0517. The van der Waals surface area contributed by atoms with Crippen molar-refractivity contribution >= 4 is 21.7 Å². The number of hydrogen-bond acceptors (Lipinski definition) is 7. The fourth-order valence-electron chi connectivity index (χ4n) is 4.07. The Morgan fingerprint density at radius 3 is 2.55 bits per heavy atom. The van der Waals surface area contributed by atoms with Crippen LogP contribution in [0.15, 0.2) is 0 Å². The fourth-order valence-corrected chi connectivity index (χ4v) is 6.57. The van der Waals surface area contributed by atoms with Crippen molar-refractivity contribution in [3.8, 4) is 0 Å². The van der Waals surface area contributed by atoms with Crippen LogP contribution in [0.25, 0.3) is 0 Å². The lowest BCUT2D eigenvalue weighted by atomic mass is 10.0. The molecule has 2 heterocycles. The Morgan fingerprint density at radius 1 is 1.34 bits per heavy atom. The smallest absolute Gasteiger partial charge is 0.359 e. The maximum absolute atomic E-state index is 13.3. The standard InChI is InChI=1S/C19H29N3O6S/c1-5-28-17(25)14-13-6-10-22(16(24)15(13)21(4)20-14)12-19(7-8-19)29(26,27)18(2,3)9-11-23/h23H,5-12H2,1-4H3. The van der Waals surface area contributed by atoms with Crippen molar-refractivity contribution in [2.24, 2.45) is 7.05 Å². The molecule has 0 unspecified atom stereocenters. The Morgan fingerprint density at radius 2 is 2.00 bits per heavy atom. The number of fused-ring (bicyclic) bond motifs is 1. The number of carbonyl (C=O) groups is 2. The number of sulfone groups is 1. The molecule has 1 fully saturated rings. The van der Waals surface area contributed by atoms with Gasteiger partial charge in [0.1, 0.15) is 5.69 Å². The van der Waals surface area contributed by atoms with E-state index in [1.807, 2.05) is 0 Å². The zero-order valence-electron chi connectivity index (χ0n) is 17.4. The minimum atomic E-state index is -3.57. The first-order chi connectivity index (χ1) is 13.5. The zero-order valence-corrected chi connectivity index (χ0v) is 18.2. The largest absolute Gasteiger partial charge is 0.461 e. The summed E-state index contributed by atoms with van der Waals surface area (Å²) in [6.07, 6.45) is 1.57. The molecule has 0 saturated heterocycles. The lowest BCUT2D eigenvalue weighted by Crippen LogP contribution is -2.50. The molecule has 0 bridgehead atoms. The summed E-state index contributed by atoms with van der Waals surface area (Å²) in [7, 11) is -1.97. The van der Waals surface area contributed by atoms with Gasteiger partial charge in [-0.15, -0.1) is 0 Å². The van der Waals surface area contributed by atoms with Gasteiger partial charge in [-0.2, -0.15) is 5.10 Å². The van der Waals surface area contributed by atoms with Crippen LogP contribution in [0, 0.1) is 0 Å². The molecular formula is C19H29N3O6S. The number of aliphatic hydroxyl groups excluding tert-OH is 1. The molecule has 9 nitrogen and oxygen atoms in total. The average molecular weight is 428 g/mol. The van der Waals surface area contributed by atoms with E-state index in [4.69, 9.17) is 4.74 Å². The van der Waals surface area contributed by atoms with Gasteiger partial charge in [0.25, 0.3) is 5.91 Å². The molecule has 1 amide bonds. The number of aryl methyl sites for hydroxylation is 1. The van der Waals surface area contributed by atoms with Crippen LogP contribution in [0.2, 0.25) is 0 Å². The summed E-state index contributed by atoms with van der Waals surface area (Å²) in [6, 6.07) is 0. The van der Waals surface area contributed by atoms with Crippen LogP contribution in [0.3, 0.4) is 0 Å². The van der Waals surface area contributed by atoms with E-state index in [0.717, 1.165) is 0 Å². The molecule has 1 N–H and O–H groups in total. The highest BCUT2D eigenvalue weighted by atomic mass is 32.2. The first-order valence-corrected chi connectivity index (χ1v) is 11.4. The molecule has 0 aromatic carbocycles. The molecule has 1 aliphatic carbocycles. The van der Waals surface area contributed by atoms with Gasteiger partial charge in [0.05, 0.1) is 16.1 Å². The monoisotopic (exact) mass is 427 g/mol. The second-order valence-corrected chi connectivity index (χ2v) is 11.4. The van der Waals surface area contributed by atoms with Crippen molar-refractivity contribution in [2.45, 2.75) is 55.9 Å². The first-order valence-electron chi connectivity index (χ1n) is 9.88. The van der Waals surface area contributed by atoms with Crippen molar-refractivity contribution in [3.05, 3.63) is 17.0 Å². The molecule has 3 rings (SSSR count). The predicted molar refractivity (Wildman–Crippen MR) is 105 cm³/mol. The lowest BCUT2D eigenvalue weighted by Gasteiger charge is -2.35. The van der Waals surface area contributed by atoms with E-state index in [9.17, 15) is 23.1 Å². The van der Waals surface area contributed by atoms with Gasteiger partial charge in [-0.3, -0.25) is 9.48 Å². The van der Waals surface area contributed by atoms with Gasteiger partial charge in [-0.05, 0) is 46.5 Å². The number of esters is 1. The molecule has 1 saturated carbocycles. The molecule has 1 aliphatic heterocycles. The summed E-state index contributed by atoms with van der Waals surface area (Å²) < 4.78 is 30.9. The number of rotatable bonds is 8. The van der Waals surface area contributed by atoms with Crippen LogP contribution < -0.4 is 0 Å². The Bertz CT molecular complexity index is 930. The Balaban J connectivity index is 1.86. The van der Waals surface area contributed by atoms with Gasteiger partial charge >= 0.3 is 5.97 Å². The molecule has 2 aliphatic rings. The maximum Gasteiger partial charge on any atom is 0.359 e. The highest BCUT2D eigenvalue weighted by Crippen LogP contribution is 2.50. The number of carbonyl (C=O) groups excluding carboxylic acids is 2. The molecule has 0 radical (unpaired) electrons. The zero-order chi connectivity index (χ0) is 21.6. The summed E-state index contributed by atoms with van der Waals surface area (Å²) in [6.45, 7) is 5.40. The van der Waals surface area contributed by atoms with Crippen LogP contribution in [0.1, 0.15) is 66.6 Å². The molecule has 29 heavy (non-hydrogen) atoms. The van der Waals surface area contributed by atoms with Gasteiger partial charge in [-0.25, -0.2) is 13.2 Å². The highest BCUT2D eigenvalue weighted by molar-refractivity contribution is 7.94. The van der Waals surface area contributed by atoms with Crippen molar-refractivity contribution in [1.29, 1.82) is 0 Å². The molecule has 0 atom stereocenters. The summed E-state index contributed by atoms with van der Waals surface area (Å²) in [5, 5.41) is 13.4. The number of nitrogens with zero attached hydrogens (tertiary/aromatic N) is 3. The molecule has 162 valence electrons. The second kappa shape index (κ2) is 7.39. The summed E-state index contributed by atoms with van der Waals surface area (Å²) in [5.41, 5.74) is 1.01. The van der Waals surface area contributed by atoms with E-state index < -0.39 is 25.3 Å². The number of aromatic nitrogens is 2. The number of aliphatic hydroxyl groups is 1. The van der Waals surface area contributed by atoms with Crippen molar-refractivity contribution in [2.75, 3.05) is 26.3 Å². The Hall–Kier alpha value is -1.94. The van der Waals surface area contributed by atoms with Gasteiger partial charge in [-0.1, -0.05) is 0 Å². The second-order valence-electron chi connectivity index (χ2n) is 8.42. The first kappa shape index (κ1) is 21.8. The normalized spacial score (nSPS) is 18.5. The van der Waals surface area contributed by atoms with E-state index in [-0.39, 0.29) is 37.8 Å². The molecule has 1 aromatic rings. The quantitative estimate of drug-likeness (QED) is 0.607. The summed E-state index contributed by atoms with van der Waals surface area (Å²) in [5.74, 6) is -0.879. The SMILES string of the molecule is CCOC(=O)c1nn(C)c2c1CCN(CC1(S(=O)(=O)C(C)(C)CCO)CC1)C2=O. The highest BCUT2D eigenvalue weighted by Gasteiger charge is 2.60. The van der Waals surface area contributed by atoms with E-state index >= 15 is 0 Å². The Kier molecular flexibility index (Phi) is 5.55. The van der Waals surface area contributed by atoms with E-state index in [0.29, 0.717) is 37.1 Å². The Labute approximate surface area is 170 Å². The van der Waals surface area contributed by atoms with Crippen LogP contribution in [-0.4, -0.2) is 75.9 Å². The van der Waals surface area contributed by atoms with E-state index in [1.54, 1.807) is 32.7 Å². The van der Waals surface area contributed by atoms with E-state index in [2.05, 4.69) is 5.10 Å². The minimum Gasteiger partial charge on any atom is -0.461 e.